The molecule has 5 rings (SSSR count). The van der Waals surface area contributed by atoms with Gasteiger partial charge in [-0.25, -0.2) is 9.37 Å². The fraction of sp³-hybridized carbons (Fsp3) is 0.111. The van der Waals surface area contributed by atoms with Gasteiger partial charge < -0.3 is 4.98 Å². The van der Waals surface area contributed by atoms with Crippen LogP contribution in [0, 0.1) is 12.7 Å². The van der Waals surface area contributed by atoms with Crippen molar-refractivity contribution >= 4 is 16.5 Å². The normalized spacial score (nSPS) is 11.8. The number of allylic oxidation sites excluding steroid dienone is 2. The van der Waals surface area contributed by atoms with Crippen LogP contribution in [0.1, 0.15) is 29.4 Å². The lowest BCUT2D eigenvalue weighted by atomic mass is 10.0. The van der Waals surface area contributed by atoms with E-state index in [9.17, 15) is 4.39 Å². The van der Waals surface area contributed by atoms with Crippen molar-refractivity contribution in [3.05, 3.63) is 102 Å². The number of benzene rings is 1. The third-order valence-electron chi connectivity index (χ3n) is 5.76. The van der Waals surface area contributed by atoms with Crippen molar-refractivity contribution in [1.82, 2.24) is 30.1 Å². The predicted molar refractivity (Wildman–Crippen MR) is 132 cm³/mol. The molecule has 2 N–H and O–H groups in total. The van der Waals surface area contributed by atoms with Crippen molar-refractivity contribution in [2.24, 2.45) is 0 Å². The average Bonchev–Trinajstić information content (AvgIpc) is 3.46. The number of aromatic nitrogens is 6. The zero-order chi connectivity index (χ0) is 23.7. The quantitative estimate of drug-likeness (QED) is 0.309. The molecule has 0 aliphatic rings. The molecular formula is C27H23FN6. The number of fused-ring (bicyclic) bond motifs is 1. The lowest BCUT2D eigenvalue weighted by Crippen LogP contribution is -1.94. The second-order valence-electron chi connectivity index (χ2n) is 7.98. The number of rotatable bonds is 6. The standard InChI is InChI=1S/C27H23FN6/c1-4-8-20(19-9-6-7-10-22(19)28)25-16(3)31-27(32-25)26-21-12-23(30-15-24(21)33-34-26)18-11-17(5-2)13-29-14-18/h4,6-15H,1,5H2,2-3H3,(H,31,32)(H,33,34)/b20-8-. The monoisotopic (exact) mass is 450 g/mol. The van der Waals surface area contributed by atoms with E-state index in [1.165, 1.54) is 6.07 Å². The summed E-state index contributed by atoms with van der Waals surface area (Å²) >= 11 is 0. The first-order valence-electron chi connectivity index (χ1n) is 11.0. The minimum absolute atomic E-state index is 0.316. The fourth-order valence-corrected chi connectivity index (χ4v) is 4.00. The lowest BCUT2D eigenvalue weighted by molar-refractivity contribution is 0.624. The van der Waals surface area contributed by atoms with E-state index in [-0.39, 0.29) is 5.82 Å². The molecule has 0 radical (unpaired) electrons. The van der Waals surface area contributed by atoms with Crippen molar-refractivity contribution in [3.63, 3.8) is 0 Å². The molecule has 7 heteroatoms. The largest absolute Gasteiger partial charge is 0.340 e. The molecule has 0 saturated heterocycles. The van der Waals surface area contributed by atoms with Gasteiger partial charge in [0, 0.05) is 40.2 Å². The molecule has 34 heavy (non-hydrogen) atoms. The molecule has 5 aromatic rings. The summed E-state index contributed by atoms with van der Waals surface area (Å²) in [5.41, 5.74) is 6.92. The SMILES string of the molecule is C=C/C=C(/c1ccccc1F)c1nc(-c2n[nH]c3cnc(-c4cncc(CC)c4)cc23)[nH]c1C. The predicted octanol–water partition coefficient (Wildman–Crippen LogP) is 6.04. The molecule has 0 amide bonds. The molecule has 6 nitrogen and oxygen atoms in total. The maximum absolute atomic E-state index is 14.6. The highest BCUT2D eigenvalue weighted by Crippen LogP contribution is 2.32. The third kappa shape index (κ3) is 3.81. The van der Waals surface area contributed by atoms with Crippen molar-refractivity contribution in [2.45, 2.75) is 20.3 Å². The maximum atomic E-state index is 14.6. The van der Waals surface area contributed by atoms with E-state index in [0.717, 1.165) is 39.8 Å². The zero-order valence-corrected chi connectivity index (χ0v) is 18.9. The molecule has 0 aliphatic heterocycles. The molecule has 0 spiro atoms. The highest BCUT2D eigenvalue weighted by molar-refractivity contribution is 5.93. The average molecular weight is 451 g/mol. The Labute approximate surface area is 196 Å². The fourth-order valence-electron chi connectivity index (χ4n) is 4.00. The van der Waals surface area contributed by atoms with Crippen molar-refractivity contribution < 1.29 is 4.39 Å². The van der Waals surface area contributed by atoms with Crippen molar-refractivity contribution in [3.8, 4) is 22.8 Å². The van der Waals surface area contributed by atoms with Gasteiger partial charge >= 0.3 is 0 Å². The summed E-state index contributed by atoms with van der Waals surface area (Å²) in [6.07, 6.45) is 9.74. The van der Waals surface area contributed by atoms with E-state index in [0.29, 0.717) is 28.3 Å². The number of nitrogens with one attached hydrogen (secondary N) is 2. The Balaban J connectivity index is 1.61. The van der Waals surface area contributed by atoms with Crippen LogP contribution in [0.2, 0.25) is 0 Å². The number of aromatic amines is 2. The number of hydrogen-bond acceptors (Lipinski definition) is 4. The van der Waals surface area contributed by atoms with Crippen LogP contribution in [0.3, 0.4) is 0 Å². The van der Waals surface area contributed by atoms with E-state index in [1.807, 2.05) is 25.4 Å². The Morgan fingerprint density at radius 3 is 2.79 bits per heavy atom. The number of pyridine rings is 2. The van der Waals surface area contributed by atoms with Gasteiger partial charge in [-0.2, -0.15) is 5.10 Å². The van der Waals surface area contributed by atoms with Crippen LogP contribution in [0.5, 0.6) is 0 Å². The number of imidazole rings is 1. The Bertz CT molecular complexity index is 1540. The molecule has 0 aliphatic carbocycles. The number of nitrogens with zero attached hydrogens (tertiary/aromatic N) is 4. The maximum Gasteiger partial charge on any atom is 0.159 e. The molecular weight excluding hydrogens is 427 g/mol. The third-order valence-corrected chi connectivity index (χ3v) is 5.76. The first kappa shape index (κ1) is 21.5. The molecule has 0 bridgehead atoms. The van der Waals surface area contributed by atoms with E-state index < -0.39 is 0 Å². The van der Waals surface area contributed by atoms with Gasteiger partial charge in [-0.15, -0.1) is 0 Å². The molecule has 0 unspecified atom stereocenters. The number of hydrogen-bond donors (Lipinski definition) is 2. The van der Waals surface area contributed by atoms with Crippen LogP contribution in [-0.4, -0.2) is 30.1 Å². The molecule has 0 atom stereocenters. The van der Waals surface area contributed by atoms with Gasteiger partial charge in [-0.1, -0.05) is 43.9 Å². The van der Waals surface area contributed by atoms with Gasteiger partial charge in [0.2, 0.25) is 0 Å². The van der Waals surface area contributed by atoms with E-state index in [1.54, 1.807) is 36.5 Å². The summed E-state index contributed by atoms with van der Waals surface area (Å²) in [6.45, 7) is 7.80. The second-order valence-corrected chi connectivity index (χ2v) is 7.98. The summed E-state index contributed by atoms with van der Waals surface area (Å²) < 4.78 is 14.6. The summed E-state index contributed by atoms with van der Waals surface area (Å²) in [5, 5.41) is 8.41. The zero-order valence-electron chi connectivity index (χ0n) is 18.9. The van der Waals surface area contributed by atoms with Gasteiger partial charge in [-0.3, -0.25) is 15.1 Å². The van der Waals surface area contributed by atoms with Gasteiger partial charge in [0.25, 0.3) is 0 Å². The topological polar surface area (TPSA) is 83.1 Å². The van der Waals surface area contributed by atoms with Crippen LogP contribution in [0.25, 0.3) is 39.3 Å². The van der Waals surface area contributed by atoms with E-state index in [4.69, 9.17) is 4.98 Å². The highest BCUT2D eigenvalue weighted by Gasteiger charge is 2.19. The Hall–Kier alpha value is -4.39. The van der Waals surface area contributed by atoms with Crippen LogP contribution < -0.4 is 0 Å². The molecule has 0 saturated carbocycles. The Morgan fingerprint density at radius 2 is 2.00 bits per heavy atom. The highest BCUT2D eigenvalue weighted by atomic mass is 19.1. The molecule has 0 fully saturated rings. The summed E-state index contributed by atoms with van der Waals surface area (Å²) in [7, 11) is 0. The van der Waals surface area contributed by atoms with Crippen LogP contribution in [0.15, 0.2) is 73.7 Å². The molecule has 4 heterocycles. The van der Waals surface area contributed by atoms with Crippen molar-refractivity contribution in [2.75, 3.05) is 0 Å². The second kappa shape index (κ2) is 8.86. The van der Waals surface area contributed by atoms with Gasteiger partial charge in [0.1, 0.15) is 11.5 Å². The van der Waals surface area contributed by atoms with E-state index >= 15 is 0 Å². The van der Waals surface area contributed by atoms with Gasteiger partial charge in [0.15, 0.2) is 5.82 Å². The smallest absolute Gasteiger partial charge is 0.159 e. The first-order chi connectivity index (χ1) is 16.6. The van der Waals surface area contributed by atoms with Crippen molar-refractivity contribution in [1.29, 1.82) is 0 Å². The Morgan fingerprint density at radius 1 is 1.15 bits per heavy atom. The number of aryl methyl sites for hydroxylation is 2. The minimum atomic E-state index is -0.316. The number of halogens is 1. The lowest BCUT2D eigenvalue weighted by Gasteiger charge is -2.07. The first-order valence-corrected chi connectivity index (χ1v) is 11.0. The van der Waals surface area contributed by atoms with Crippen LogP contribution in [-0.2, 0) is 6.42 Å². The van der Waals surface area contributed by atoms with E-state index in [2.05, 4.69) is 44.7 Å². The summed E-state index contributed by atoms with van der Waals surface area (Å²) in [6, 6.07) is 10.7. The minimum Gasteiger partial charge on any atom is -0.340 e. The molecule has 168 valence electrons. The molecule has 4 aromatic heterocycles. The van der Waals surface area contributed by atoms with Crippen LogP contribution >= 0.6 is 0 Å². The number of H-pyrrole nitrogens is 2. The summed E-state index contributed by atoms with van der Waals surface area (Å²) in [5.74, 6) is 0.269. The van der Waals surface area contributed by atoms with Crippen LogP contribution in [0.4, 0.5) is 4.39 Å². The summed E-state index contributed by atoms with van der Waals surface area (Å²) in [4.78, 5) is 17.1. The van der Waals surface area contributed by atoms with Gasteiger partial charge in [0.05, 0.1) is 23.1 Å². The molecule has 1 aromatic carbocycles. The Kier molecular flexibility index (Phi) is 5.59. The van der Waals surface area contributed by atoms with Gasteiger partial charge in [-0.05, 0) is 37.1 Å².